The number of nitrogens with zero attached hydrogens (tertiary/aromatic N) is 4. The maximum atomic E-state index is 12.3. The summed E-state index contributed by atoms with van der Waals surface area (Å²) in [5.41, 5.74) is 2.05. The number of carbonyl (C=O) groups excluding carboxylic acids is 2. The molecule has 9 heteroatoms. The number of hydrogen-bond acceptors (Lipinski definition) is 7. The van der Waals surface area contributed by atoms with Crippen LogP contribution in [0.4, 0.5) is 0 Å². The minimum absolute atomic E-state index is 0.0933. The van der Waals surface area contributed by atoms with Crippen molar-refractivity contribution in [1.82, 2.24) is 25.5 Å². The van der Waals surface area contributed by atoms with Gasteiger partial charge >= 0.3 is 5.97 Å². The number of amides is 1. The number of methoxy groups -OCH3 is 1. The van der Waals surface area contributed by atoms with Crippen molar-refractivity contribution in [1.29, 1.82) is 0 Å². The molecule has 2 aromatic rings. The summed E-state index contributed by atoms with van der Waals surface area (Å²) in [6, 6.07) is 7.32. The summed E-state index contributed by atoms with van der Waals surface area (Å²) in [7, 11) is 1.31. The van der Waals surface area contributed by atoms with Gasteiger partial charge in [-0.05, 0) is 46.4 Å². The van der Waals surface area contributed by atoms with Crippen molar-refractivity contribution in [3.05, 3.63) is 29.8 Å². The van der Waals surface area contributed by atoms with Crippen LogP contribution in [0.5, 0.6) is 0 Å². The second-order valence-corrected chi connectivity index (χ2v) is 8.12. The highest BCUT2D eigenvalue weighted by Crippen LogP contribution is 2.21. The zero-order valence-electron chi connectivity index (χ0n) is 16.9. The average molecular weight is 406 g/mol. The molecule has 1 aromatic carbocycles. The SMILES string of the molecule is COC(=O)[C@H](CC(C)C)NC(=O)CSc1nnnn1-c1ccc(C(C)C)cc1. The van der Waals surface area contributed by atoms with E-state index in [2.05, 4.69) is 34.7 Å². The molecule has 0 aliphatic carbocycles. The molecular formula is C19H27N5O3S. The molecule has 1 heterocycles. The molecule has 2 rings (SSSR count). The Balaban J connectivity index is 2.00. The van der Waals surface area contributed by atoms with Crippen LogP contribution in [0.2, 0.25) is 0 Å². The monoisotopic (exact) mass is 405 g/mol. The first-order chi connectivity index (χ1) is 13.3. The molecule has 1 N–H and O–H groups in total. The van der Waals surface area contributed by atoms with Crippen LogP contribution in [0.1, 0.15) is 45.6 Å². The first-order valence-corrected chi connectivity index (χ1v) is 10.2. The van der Waals surface area contributed by atoms with Gasteiger partial charge in [-0.3, -0.25) is 4.79 Å². The van der Waals surface area contributed by atoms with Gasteiger partial charge in [0.25, 0.3) is 0 Å². The summed E-state index contributed by atoms with van der Waals surface area (Å²) in [6.07, 6.45) is 0.517. The van der Waals surface area contributed by atoms with Crippen molar-refractivity contribution in [3.63, 3.8) is 0 Å². The average Bonchev–Trinajstić information content (AvgIpc) is 3.13. The number of esters is 1. The summed E-state index contributed by atoms with van der Waals surface area (Å²) in [5, 5.41) is 14.9. The normalized spacial score (nSPS) is 12.2. The van der Waals surface area contributed by atoms with Gasteiger partial charge < -0.3 is 10.1 Å². The molecular weight excluding hydrogens is 378 g/mol. The van der Waals surface area contributed by atoms with Gasteiger partial charge in [-0.1, -0.05) is 51.6 Å². The number of thioether (sulfide) groups is 1. The third-order valence-corrected chi connectivity index (χ3v) is 5.02. The van der Waals surface area contributed by atoms with Crippen LogP contribution in [0.15, 0.2) is 29.4 Å². The topological polar surface area (TPSA) is 99.0 Å². The quantitative estimate of drug-likeness (QED) is 0.506. The van der Waals surface area contributed by atoms with Gasteiger partial charge in [0.1, 0.15) is 6.04 Å². The molecule has 0 saturated carbocycles. The van der Waals surface area contributed by atoms with E-state index in [-0.39, 0.29) is 17.6 Å². The lowest BCUT2D eigenvalue weighted by Gasteiger charge is -2.18. The zero-order chi connectivity index (χ0) is 20.7. The predicted molar refractivity (Wildman–Crippen MR) is 107 cm³/mol. The number of aromatic nitrogens is 4. The molecule has 28 heavy (non-hydrogen) atoms. The summed E-state index contributed by atoms with van der Waals surface area (Å²) < 4.78 is 6.36. The molecule has 1 aromatic heterocycles. The molecule has 1 amide bonds. The molecule has 0 fully saturated rings. The maximum absolute atomic E-state index is 12.3. The molecule has 0 aliphatic heterocycles. The first-order valence-electron chi connectivity index (χ1n) is 9.20. The fourth-order valence-corrected chi connectivity index (χ4v) is 3.33. The third-order valence-electron chi connectivity index (χ3n) is 4.11. The van der Waals surface area contributed by atoms with Crippen LogP contribution in [0, 0.1) is 5.92 Å². The van der Waals surface area contributed by atoms with E-state index in [0.717, 1.165) is 5.69 Å². The Morgan fingerprint density at radius 3 is 2.43 bits per heavy atom. The molecule has 1 atom stereocenters. The molecule has 8 nitrogen and oxygen atoms in total. The summed E-state index contributed by atoms with van der Waals surface area (Å²) >= 11 is 1.21. The molecule has 0 saturated heterocycles. The molecule has 0 unspecified atom stereocenters. The van der Waals surface area contributed by atoms with Gasteiger partial charge in [0.05, 0.1) is 18.6 Å². The van der Waals surface area contributed by atoms with Crippen LogP contribution >= 0.6 is 11.8 Å². The van der Waals surface area contributed by atoms with E-state index in [1.165, 1.54) is 24.4 Å². The van der Waals surface area contributed by atoms with Crippen LogP contribution in [-0.2, 0) is 14.3 Å². The number of rotatable bonds is 9. The Morgan fingerprint density at radius 1 is 1.18 bits per heavy atom. The number of hydrogen-bond donors (Lipinski definition) is 1. The molecule has 152 valence electrons. The van der Waals surface area contributed by atoms with Crippen molar-refractivity contribution in [2.24, 2.45) is 5.92 Å². The number of nitrogens with one attached hydrogen (secondary N) is 1. The van der Waals surface area contributed by atoms with E-state index in [4.69, 9.17) is 4.74 Å². The van der Waals surface area contributed by atoms with E-state index < -0.39 is 12.0 Å². The highest BCUT2D eigenvalue weighted by atomic mass is 32.2. The van der Waals surface area contributed by atoms with Crippen molar-refractivity contribution >= 4 is 23.6 Å². The molecule has 0 radical (unpaired) electrons. The van der Waals surface area contributed by atoms with Gasteiger partial charge in [0.2, 0.25) is 11.1 Å². The van der Waals surface area contributed by atoms with Crippen molar-refractivity contribution in [3.8, 4) is 5.69 Å². The smallest absolute Gasteiger partial charge is 0.328 e. The Kier molecular flexibility index (Phi) is 7.98. The number of tetrazole rings is 1. The lowest BCUT2D eigenvalue weighted by molar-refractivity contribution is -0.145. The Bertz CT molecular complexity index is 789. The largest absolute Gasteiger partial charge is 0.467 e. The highest BCUT2D eigenvalue weighted by Gasteiger charge is 2.23. The van der Waals surface area contributed by atoms with Crippen molar-refractivity contribution in [2.45, 2.75) is 51.2 Å². The fraction of sp³-hybridized carbons (Fsp3) is 0.526. The first kappa shape index (κ1) is 21.9. The third kappa shape index (κ3) is 6.05. The fourth-order valence-electron chi connectivity index (χ4n) is 2.63. The predicted octanol–water partition coefficient (Wildman–Crippen LogP) is 2.58. The van der Waals surface area contributed by atoms with E-state index in [9.17, 15) is 9.59 Å². The van der Waals surface area contributed by atoms with E-state index in [1.54, 1.807) is 4.68 Å². The van der Waals surface area contributed by atoms with Gasteiger partial charge in [-0.15, -0.1) is 5.10 Å². The Labute approximate surface area is 169 Å². The zero-order valence-corrected chi connectivity index (χ0v) is 17.7. The van der Waals surface area contributed by atoms with Crippen molar-refractivity contribution < 1.29 is 14.3 Å². The lowest BCUT2D eigenvalue weighted by atomic mass is 10.0. The highest BCUT2D eigenvalue weighted by molar-refractivity contribution is 7.99. The van der Waals surface area contributed by atoms with Crippen molar-refractivity contribution in [2.75, 3.05) is 12.9 Å². The molecule has 0 bridgehead atoms. The van der Waals surface area contributed by atoms with Gasteiger partial charge in [-0.25, -0.2) is 4.79 Å². The van der Waals surface area contributed by atoms with Crippen LogP contribution < -0.4 is 5.32 Å². The maximum Gasteiger partial charge on any atom is 0.328 e. The number of carbonyl (C=O) groups is 2. The Morgan fingerprint density at radius 2 is 1.86 bits per heavy atom. The van der Waals surface area contributed by atoms with Crippen LogP contribution in [0.25, 0.3) is 5.69 Å². The van der Waals surface area contributed by atoms with E-state index in [1.807, 2.05) is 38.1 Å². The van der Waals surface area contributed by atoms with Gasteiger partial charge in [0.15, 0.2) is 0 Å². The second-order valence-electron chi connectivity index (χ2n) is 7.18. The van der Waals surface area contributed by atoms with Crippen LogP contribution in [-0.4, -0.2) is 51.0 Å². The van der Waals surface area contributed by atoms with Gasteiger partial charge in [0, 0.05) is 0 Å². The Hall–Kier alpha value is -2.42. The lowest BCUT2D eigenvalue weighted by Crippen LogP contribution is -2.43. The minimum Gasteiger partial charge on any atom is -0.467 e. The standard InChI is InChI=1S/C19H27N5O3S/c1-12(2)10-16(18(26)27-5)20-17(25)11-28-19-21-22-23-24(19)15-8-6-14(7-9-15)13(3)4/h6-9,12-13,16H,10-11H2,1-5H3,(H,20,25)/t16-/m0/s1. The van der Waals surface area contributed by atoms with Crippen LogP contribution in [0.3, 0.4) is 0 Å². The summed E-state index contributed by atoms with van der Waals surface area (Å²) in [5.74, 6) is 0.0656. The summed E-state index contributed by atoms with van der Waals surface area (Å²) in [6.45, 7) is 8.23. The molecule has 0 aliphatic rings. The summed E-state index contributed by atoms with van der Waals surface area (Å²) in [4.78, 5) is 24.2. The van der Waals surface area contributed by atoms with E-state index in [0.29, 0.717) is 17.5 Å². The van der Waals surface area contributed by atoms with E-state index >= 15 is 0 Å². The minimum atomic E-state index is -0.655. The number of benzene rings is 1. The second kappa shape index (κ2) is 10.2. The number of ether oxygens (including phenoxy) is 1. The van der Waals surface area contributed by atoms with Gasteiger partial charge in [-0.2, -0.15) is 4.68 Å². The molecule has 0 spiro atoms.